The predicted molar refractivity (Wildman–Crippen MR) is 56.9 cm³/mol. The Hall–Kier alpha value is 0.270. The summed E-state index contributed by atoms with van der Waals surface area (Å²) in [5.41, 5.74) is 0. The average molecular weight is 188 g/mol. The third kappa shape index (κ3) is 2.96. The van der Waals surface area contributed by atoms with Gasteiger partial charge in [0.25, 0.3) is 0 Å². The fraction of sp³-hybridized carbons (Fsp3) is 1.00. The van der Waals surface area contributed by atoms with E-state index in [0.29, 0.717) is 6.04 Å². The average Bonchev–Trinajstić information content (AvgIpc) is 2.05. The maximum Gasteiger partial charge on any atom is 0.0167 e. The van der Waals surface area contributed by atoms with Gasteiger partial charge < -0.3 is 5.32 Å². The van der Waals surface area contributed by atoms with E-state index in [1.54, 1.807) is 0 Å². The number of rotatable bonds is 3. The van der Waals surface area contributed by atoms with E-state index in [1.807, 2.05) is 11.8 Å². The second-order valence-electron chi connectivity index (χ2n) is 3.65. The second-order valence-corrected chi connectivity index (χ2v) is 4.57. The van der Waals surface area contributed by atoms with Gasteiger partial charge in [0.15, 0.2) is 0 Å². The van der Waals surface area contributed by atoms with Gasteiger partial charge in [-0.25, -0.2) is 0 Å². The molecule has 0 aliphatic carbocycles. The zero-order chi connectivity index (χ0) is 8.97. The first-order valence-corrected chi connectivity index (χ1v) is 6.09. The van der Waals surface area contributed by atoms with Gasteiger partial charge in [-0.05, 0) is 20.1 Å². The zero-order valence-electron chi connectivity index (χ0n) is 8.34. The SMILES string of the molecule is CSCC(C)N1CCNC(C)C1. The van der Waals surface area contributed by atoms with Crippen LogP contribution in [0.4, 0.5) is 0 Å². The molecule has 1 heterocycles. The minimum atomic E-state index is 0.669. The maximum absolute atomic E-state index is 3.46. The standard InChI is InChI=1S/C9H20N2S/c1-8-6-11(5-4-10-8)9(2)7-12-3/h8-10H,4-7H2,1-3H3. The fourth-order valence-electron chi connectivity index (χ4n) is 1.71. The summed E-state index contributed by atoms with van der Waals surface area (Å²) in [5, 5.41) is 3.46. The number of hydrogen-bond donors (Lipinski definition) is 1. The molecule has 12 heavy (non-hydrogen) atoms. The Morgan fingerprint density at radius 2 is 2.42 bits per heavy atom. The molecule has 0 saturated carbocycles. The van der Waals surface area contributed by atoms with Crippen molar-refractivity contribution in [1.29, 1.82) is 0 Å². The van der Waals surface area contributed by atoms with Crippen molar-refractivity contribution >= 4 is 11.8 Å². The Morgan fingerprint density at radius 3 is 3.00 bits per heavy atom. The first kappa shape index (κ1) is 10.4. The Balaban J connectivity index is 2.29. The quantitative estimate of drug-likeness (QED) is 0.712. The first-order chi connectivity index (χ1) is 5.74. The van der Waals surface area contributed by atoms with Gasteiger partial charge in [0.1, 0.15) is 0 Å². The summed E-state index contributed by atoms with van der Waals surface area (Å²) in [7, 11) is 0. The van der Waals surface area contributed by atoms with Crippen molar-refractivity contribution < 1.29 is 0 Å². The van der Waals surface area contributed by atoms with Gasteiger partial charge >= 0.3 is 0 Å². The van der Waals surface area contributed by atoms with Crippen LogP contribution < -0.4 is 5.32 Å². The Bertz CT molecular complexity index is 130. The van der Waals surface area contributed by atoms with Crippen LogP contribution in [0.15, 0.2) is 0 Å². The van der Waals surface area contributed by atoms with Crippen molar-refractivity contribution in [2.75, 3.05) is 31.6 Å². The minimum absolute atomic E-state index is 0.669. The van der Waals surface area contributed by atoms with Crippen molar-refractivity contribution in [3.05, 3.63) is 0 Å². The van der Waals surface area contributed by atoms with E-state index >= 15 is 0 Å². The highest BCUT2D eigenvalue weighted by Crippen LogP contribution is 2.08. The molecule has 0 aromatic rings. The molecule has 1 aliphatic rings. The van der Waals surface area contributed by atoms with Crippen LogP contribution in [0.5, 0.6) is 0 Å². The molecule has 0 spiro atoms. The highest BCUT2D eigenvalue weighted by molar-refractivity contribution is 7.98. The van der Waals surface area contributed by atoms with Gasteiger partial charge in [-0.15, -0.1) is 0 Å². The molecular weight excluding hydrogens is 168 g/mol. The second kappa shape index (κ2) is 5.10. The van der Waals surface area contributed by atoms with Gasteiger partial charge in [-0.2, -0.15) is 11.8 Å². The topological polar surface area (TPSA) is 15.3 Å². The fourth-order valence-corrected chi connectivity index (χ4v) is 2.40. The molecule has 0 amide bonds. The number of nitrogens with one attached hydrogen (secondary N) is 1. The lowest BCUT2D eigenvalue weighted by Crippen LogP contribution is -2.52. The van der Waals surface area contributed by atoms with Crippen LogP contribution in [0.2, 0.25) is 0 Å². The molecule has 2 unspecified atom stereocenters. The molecule has 0 aromatic heterocycles. The van der Waals surface area contributed by atoms with E-state index in [4.69, 9.17) is 0 Å². The summed E-state index contributed by atoms with van der Waals surface area (Å²) in [5.74, 6) is 1.26. The molecule has 0 aromatic carbocycles. The molecule has 0 radical (unpaired) electrons. The monoisotopic (exact) mass is 188 g/mol. The van der Waals surface area contributed by atoms with Crippen molar-refractivity contribution in [1.82, 2.24) is 10.2 Å². The lowest BCUT2D eigenvalue weighted by Gasteiger charge is -2.35. The van der Waals surface area contributed by atoms with E-state index in [9.17, 15) is 0 Å². The van der Waals surface area contributed by atoms with E-state index in [2.05, 4.69) is 30.3 Å². The number of hydrogen-bond acceptors (Lipinski definition) is 3. The van der Waals surface area contributed by atoms with Crippen LogP contribution in [0, 0.1) is 0 Å². The van der Waals surface area contributed by atoms with E-state index in [0.717, 1.165) is 12.6 Å². The third-order valence-corrected chi connectivity index (χ3v) is 3.25. The van der Waals surface area contributed by atoms with Crippen LogP contribution in [0.25, 0.3) is 0 Å². The highest BCUT2D eigenvalue weighted by Gasteiger charge is 2.19. The van der Waals surface area contributed by atoms with Crippen LogP contribution >= 0.6 is 11.8 Å². The van der Waals surface area contributed by atoms with Crippen LogP contribution in [0.1, 0.15) is 13.8 Å². The minimum Gasteiger partial charge on any atom is -0.312 e. The third-order valence-electron chi connectivity index (χ3n) is 2.43. The lowest BCUT2D eigenvalue weighted by molar-refractivity contribution is 0.170. The smallest absolute Gasteiger partial charge is 0.0167 e. The van der Waals surface area contributed by atoms with E-state index in [-0.39, 0.29) is 0 Å². The van der Waals surface area contributed by atoms with Crippen LogP contribution in [-0.4, -0.2) is 48.6 Å². The molecule has 1 saturated heterocycles. The molecular formula is C9H20N2S. The van der Waals surface area contributed by atoms with Gasteiger partial charge in [0.2, 0.25) is 0 Å². The largest absolute Gasteiger partial charge is 0.312 e. The Labute approximate surface area is 80.1 Å². The van der Waals surface area contributed by atoms with Crippen molar-refractivity contribution in [2.24, 2.45) is 0 Å². The van der Waals surface area contributed by atoms with Gasteiger partial charge in [-0.3, -0.25) is 4.90 Å². The molecule has 2 atom stereocenters. The van der Waals surface area contributed by atoms with E-state index < -0.39 is 0 Å². The molecule has 1 rings (SSSR count). The van der Waals surface area contributed by atoms with E-state index in [1.165, 1.54) is 18.8 Å². The van der Waals surface area contributed by atoms with Gasteiger partial charge in [0.05, 0.1) is 0 Å². The van der Waals surface area contributed by atoms with Crippen molar-refractivity contribution in [3.8, 4) is 0 Å². The normalized spacial score (nSPS) is 28.8. The van der Waals surface area contributed by atoms with Crippen molar-refractivity contribution in [2.45, 2.75) is 25.9 Å². The first-order valence-electron chi connectivity index (χ1n) is 4.70. The van der Waals surface area contributed by atoms with Crippen molar-refractivity contribution in [3.63, 3.8) is 0 Å². The summed E-state index contributed by atoms with van der Waals surface area (Å²) < 4.78 is 0. The molecule has 1 aliphatic heterocycles. The predicted octanol–water partition coefficient (Wildman–Crippen LogP) is 1.03. The number of thioether (sulfide) groups is 1. The van der Waals surface area contributed by atoms with Gasteiger partial charge in [0, 0.05) is 37.5 Å². The molecule has 1 N–H and O–H groups in total. The number of piperazine rings is 1. The summed E-state index contributed by atoms with van der Waals surface area (Å²) in [6.07, 6.45) is 2.18. The lowest BCUT2D eigenvalue weighted by atomic mass is 10.2. The van der Waals surface area contributed by atoms with Crippen LogP contribution in [-0.2, 0) is 0 Å². The molecule has 72 valence electrons. The highest BCUT2D eigenvalue weighted by atomic mass is 32.2. The zero-order valence-corrected chi connectivity index (χ0v) is 9.16. The Kier molecular flexibility index (Phi) is 4.40. The van der Waals surface area contributed by atoms with Gasteiger partial charge in [-0.1, -0.05) is 0 Å². The molecule has 3 heteroatoms. The molecule has 1 fully saturated rings. The number of nitrogens with zero attached hydrogens (tertiary/aromatic N) is 1. The molecule has 0 bridgehead atoms. The summed E-state index contributed by atoms with van der Waals surface area (Å²) in [4.78, 5) is 2.58. The Morgan fingerprint density at radius 1 is 1.67 bits per heavy atom. The van der Waals surface area contributed by atoms with Crippen LogP contribution in [0.3, 0.4) is 0 Å². The summed E-state index contributed by atoms with van der Waals surface area (Å²) in [6, 6.07) is 1.41. The summed E-state index contributed by atoms with van der Waals surface area (Å²) in [6.45, 7) is 8.17. The maximum atomic E-state index is 3.46. The summed E-state index contributed by atoms with van der Waals surface area (Å²) >= 11 is 1.94. The molecule has 2 nitrogen and oxygen atoms in total.